The summed E-state index contributed by atoms with van der Waals surface area (Å²) in [6.07, 6.45) is 5.42. The number of benzene rings is 1. The first kappa shape index (κ1) is 24.5. The lowest BCUT2D eigenvalue weighted by Gasteiger charge is -2.31. The van der Waals surface area contributed by atoms with Crippen LogP contribution in [0.1, 0.15) is 54.1 Å². The van der Waals surface area contributed by atoms with Crippen molar-refractivity contribution in [1.29, 1.82) is 0 Å². The predicted octanol–water partition coefficient (Wildman–Crippen LogP) is 4.30. The number of nitrogens with zero attached hydrogens (tertiary/aromatic N) is 1. The highest BCUT2D eigenvalue weighted by molar-refractivity contribution is 7.12. The van der Waals surface area contributed by atoms with Crippen LogP contribution in [0.15, 0.2) is 64.6 Å². The van der Waals surface area contributed by atoms with Gasteiger partial charge in [0.2, 0.25) is 5.91 Å². The van der Waals surface area contributed by atoms with Crippen LogP contribution in [0.3, 0.4) is 0 Å². The summed E-state index contributed by atoms with van der Waals surface area (Å²) >= 11 is 1.29. The van der Waals surface area contributed by atoms with Gasteiger partial charge in [0.1, 0.15) is 11.5 Å². The second-order valence-corrected chi connectivity index (χ2v) is 9.21. The third kappa shape index (κ3) is 6.10. The summed E-state index contributed by atoms with van der Waals surface area (Å²) in [7, 11) is 0. The molecular formula is C26H29N3O5S. The molecule has 2 heterocycles. The van der Waals surface area contributed by atoms with Crippen LogP contribution in [0.5, 0.6) is 5.75 Å². The van der Waals surface area contributed by atoms with Gasteiger partial charge in [0.25, 0.3) is 11.8 Å². The van der Waals surface area contributed by atoms with E-state index >= 15 is 0 Å². The highest BCUT2D eigenvalue weighted by atomic mass is 32.1. The summed E-state index contributed by atoms with van der Waals surface area (Å²) in [4.78, 5) is 41.5. The minimum absolute atomic E-state index is 0.0655. The van der Waals surface area contributed by atoms with Crippen molar-refractivity contribution in [1.82, 2.24) is 10.6 Å². The molecule has 2 N–H and O–H groups in total. The molecule has 0 bridgehead atoms. The van der Waals surface area contributed by atoms with Gasteiger partial charge in [-0.15, -0.1) is 11.3 Å². The van der Waals surface area contributed by atoms with E-state index in [1.807, 2.05) is 6.92 Å². The van der Waals surface area contributed by atoms with Crippen molar-refractivity contribution in [2.45, 2.75) is 44.7 Å². The first-order chi connectivity index (χ1) is 17.1. The van der Waals surface area contributed by atoms with Crippen molar-refractivity contribution in [3.63, 3.8) is 0 Å². The van der Waals surface area contributed by atoms with Gasteiger partial charge in [0, 0.05) is 11.7 Å². The van der Waals surface area contributed by atoms with Gasteiger partial charge in [-0.25, -0.2) is 0 Å². The van der Waals surface area contributed by atoms with Gasteiger partial charge in [-0.2, -0.15) is 0 Å². The topological polar surface area (TPSA) is 101 Å². The number of amides is 3. The van der Waals surface area contributed by atoms with Crippen molar-refractivity contribution < 1.29 is 23.5 Å². The van der Waals surface area contributed by atoms with Crippen LogP contribution < -0.4 is 20.3 Å². The number of carbonyl (C=O) groups excluding carboxylic acids is 3. The molecule has 1 aliphatic carbocycles. The molecule has 0 spiro atoms. The molecule has 184 valence electrons. The molecule has 4 rings (SSSR count). The third-order valence-electron chi connectivity index (χ3n) is 5.86. The van der Waals surface area contributed by atoms with Crippen molar-refractivity contribution in [3.05, 3.63) is 70.8 Å². The minimum atomic E-state index is -1.03. The van der Waals surface area contributed by atoms with Gasteiger partial charge < -0.3 is 19.8 Å². The summed E-state index contributed by atoms with van der Waals surface area (Å²) in [5, 5.41) is 7.56. The zero-order valence-corrected chi connectivity index (χ0v) is 20.4. The van der Waals surface area contributed by atoms with Crippen LogP contribution >= 0.6 is 11.3 Å². The van der Waals surface area contributed by atoms with Crippen LogP contribution in [0.2, 0.25) is 0 Å². The summed E-state index contributed by atoms with van der Waals surface area (Å²) < 4.78 is 11.1. The molecule has 1 saturated carbocycles. The fourth-order valence-electron chi connectivity index (χ4n) is 4.21. The van der Waals surface area contributed by atoms with E-state index in [0.29, 0.717) is 28.7 Å². The molecular weight excluding hydrogens is 466 g/mol. The van der Waals surface area contributed by atoms with Crippen LogP contribution in [-0.2, 0) is 9.59 Å². The van der Waals surface area contributed by atoms with E-state index < -0.39 is 11.9 Å². The second-order valence-electron chi connectivity index (χ2n) is 8.26. The Bertz CT molecular complexity index is 1110. The molecule has 9 heteroatoms. The molecule has 1 aromatic carbocycles. The van der Waals surface area contributed by atoms with Crippen LogP contribution in [0.4, 0.5) is 5.69 Å². The van der Waals surface area contributed by atoms with Crippen molar-refractivity contribution in [2.75, 3.05) is 18.1 Å². The van der Waals surface area contributed by atoms with Crippen LogP contribution in [0, 0.1) is 0 Å². The zero-order valence-electron chi connectivity index (χ0n) is 19.6. The maximum atomic E-state index is 13.6. The highest BCUT2D eigenvalue weighted by Crippen LogP contribution is 2.31. The number of nitrogens with one attached hydrogen (secondary N) is 2. The highest BCUT2D eigenvalue weighted by Gasteiger charge is 2.36. The Morgan fingerprint density at radius 3 is 2.51 bits per heavy atom. The third-order valence-corrected chi connectivity index (χ3v) is 6.73. The van der Waals surface area contributed by atoms with E-state index in [9.17, 15) is 14.4 Å². The van der Waals surface area contributed by atoms with Gasteiger partial charge in [-0.05, 0) is 67.6 Å². The number of carbonyl (C=O) groups is 3. The van der Waals surface area contributed by atoms with Crippen molar-refractivity contribution in [3.8, 4) is 5.75 Å². The number of furan rings is 1. The maximum absolute atomic E-state index is 13.6. The number of hydrogen-bond donors (Lipinski definition) is 2. The second kappa shape index (κ2) is 11.7. The van der Waals surface area contributed by atoms with E-state index in [4.69, 9.17) is 9.15 Å². The molecule has 0 unspecified atom stereocenters. The number of ether oxygens (including phenoxy) is 1. The molecule has 1 aliphatic rings. The maximum Gasteiger partial charge on any atom is 0.261 e. The lowest BCUT2D eigenvalue weighted by Crippen LogP contribution is -2.49. The van der Waals surface area contributed by atoms with Crippen LogP contribution in [-0.4, -0.2) is 36.9 Å². The fourth-order valence-corrected chi connectivity index (χ4v) is 4.85. The van der Waals surface area contributed by atoms with E-state index in [1.165, 1.54) is 22.5 Å². The van der Waals surface area contributed by atoms with E-state index in [2.05, 4.69) is 10.6 Å². The first-order valence-corrected chi connectivity index (χ1v) is 12.6. The lowest BCUT2D eigenvalue weighted by atomic mass is 10.1. The Morgan fingerprint density at radius 2 is 1.89 bits per heavy atom. The molecule has 0 radical (unpaired) electrons. The molecule has 0 saturated heterocycles. The Morgan fingerprint density at radius 1 is 1.11 bits per heavy atom. The van der Waals surface area contributed by atoms with Gasteiger partial charge in [-0.3, -0.25) is 19.3 Å². The van der Waals surface area contributed by atoms with Gasteiger partial charge in [-0.1, -0.05) is 18.9 Å². The Hall–Kier alpha value is -3.59. The average molecular weight is 496 g/mol. The largest absolute Gasteiger partial charge is 0.494 e. The normalized spacial score (nSPS) is 14.3. The van der Waals surface area contributed by atoms with Gasteiger partial charge in [0.05, 0.1) is 24.3 Å². The summed E-state index contributed by atoms with van der Waals surface area (Å²) in [6.45, 7) is 2.12. The zero-order chi connectivity index (χ0) is 24.6. The predicted molar refractivity (Wildman–Crippen MR) is 134 cm³/mol. The molecule has 0 aliphatic heterocycles. The number of hydrogen-bond acceptors (Lipinski definition) is 6. The van der Waals surface area contributed by atoms with E-state index in [-0.39, 0.29) is 24.4 Å². The smallest absolute Gasteiger partial charge is 0.261 e. The van der Waals surface area contributed by atoms with Gasteiger partial charge in [0.15, 0.2) is 6.04 Å². The molecule has 35 heavy (non-hydrogen) atoms. The number of rotatable bonds is 10. The average Bonchev–Trinajstić information content (AvgIpc) is 3.65. The Kier molecular flexibility index (Phi) is 8.20. The number of anilines is 1. The molecule has 2 aromatic heterocycles. The quantitative estimate of drug-likeness (QED) is 0.437. The Labute approximate surface area is 208 Å². The first-order valence-electron chi connectivity index (χ1n) is 11.8. The van der Waals surface area contributed by atoms with Crippen molar-refractivity contribution in [2.24, 2.45) is 0 Å². The van der Waals surface area contributed by atoms with E-state index in [0.717, 1.165) is 25.7 Å². The molecule has 8 nitrogen and oxygen atoms in total. The minimum Gasteiger partial charge on any atom is -0.494 e. The van der Waals surface area contributed by atoms with Gasteiger partial charge >= 0.3 is 0 Å². The lowest BCUT2D eigenvalue weighted by molar-refractivity contribution is -0.127. The van der Waals surface area contributed by atoms with E-state index in [1.54, 1.807) is 53.9 Å². The summed E-state index contributed by atoms with van der Waals surface area (Å²) in [5.74, 6) is -0.113. The fraction of sp³-hybridized carbons (Fsp3) is 0.346. The van der Waals surface area contributed by atoms with Crippen molar-refractivity contribution >= 4 is 34.7 Å². The summed E-state index contributed by atoms with van der Waals surface area (Å²) in [5.41, 5.74) is 0.492. The number of thiophene rings is 1. The molecule has 1 atom stereocenters. The Balaban J connectivity index is 1.63. The molecule has 3 aromatic rings. The molecule has 1 fully saturated rings. The summed E-state index contributed by atoms with van der Waals surface area (Å²) in [6, 6.07) is 12.8. The SMILES string of the molecule is CCOc1ccc(N(C(=O)CNC(=O)c2cccs2)[C@H](C(=O)NC2CCCC2)c2ccco2)cc1. The van der Waals surface area contributed by atoms with Crippen LogP contribution in [0.25, 0.3) is 0 Å². The molecule has 3 amide bonds. The standard InChI is InChI=1S/C26H29N3O5S/c1-2-33-20-13-11-19(12-14-20)29(23(30)17-27-25(31)22-10-6-16-35-22)24(21-9-5-15-34-21)26(32)28-18-7-3-4-8-18/h5-6,9-16,18,24H,2-4,7-8,17H2,1H3,(H,27,31)(H,28,32)/t24-/m0/s1. The monoisotopic (exact) mass is 495 g/mol.